The third-order valence-corrected chi connectivity index (χ3v) is 5.31. The molecule has 0 aliphatic rings. The lowest BCUT2D eigenvalue weighted by molar-refractivity contribution is 0.0992. The minimum Gasteiger partial charge on any atom is -0.494 e. The van der Waals surface area contributed by atoms with Crippen LogP contribution >= 0.6 is 11.6 Å². The summed E-state index contributed by atoms with van der Waals surface area (Å²) in [6, 6.07) is 16.5. The van der Waals surface area contributed by atoms with Crippen LogP contribution in [-0.4, -0.2) is 22.3 Å². The van der Waals surface area contributed by atoms with Crippen LogP contribution in [0.4, 0.5) is 10.2 Å². The second kappa shape index (κ2) is 10.4. The van der Waals surface area contributed by atoms with Crippen molar-refractivity contribution in [3.8, 4) is 11.5 Å². The summed E-state index contributed by atoms with van der Waals surface area (Å²) in [5.41, 5.74) is 1.52. The van der Waals surface area contributed by atoms with Crippen LogP contribution in [0.2, 0.25) is 5.02 Å². The van der Waals surface area contributed by atoms with Crippen LogP contribution in [-0.2, 0) is 13.2 Å². The monoisotopic (exact) mass is 483 g/mol. The lowest BCUT2D eigenvalue weighted by Gasteiger charge is -2.07. The third kappa shape index (κ3) is 5.77. The highest BCUT2D eigenvalue weighted by Crippen LogP contribution is 2.21. The third-order valence-electron chi connectivity index (χ3n) is 4.96. The highest BCUT2D eigenvalue weighted by atomic mass is 35.5. The predicted molar refractivity (Wildman–Crippen MR) is 126 cm³/mol. The molecule has 0 aliphatic heterocycles. The molecule has 0 spiro atoms. The zero-order valence-electron chi connectivity index (χ0n) is 18.7. The zero-order valence-corrected chi connectivity index (χ0v) is 19.4. The molecule has 4 rings (SSSR count). The van der Waals surface area contributed by atoms with Crippen molar-refractivity contribution in [2.24, 2.45) is 0 Å². The first kappa shape index (κ1) is 23.4. The molecule has 0 unspecified atom stereocenters. The lowest BCUT2D eigenvalue weighted by atomic mass is 10.2. The number of anilines is 1. The summed E-state index contributed by atoms with van der Waals surface area (Å²) in [7, 11) is 0. The van der Waals surface area contributed by atoms with Crippen molar-refractivity contribution in [3.05, 3.63) is 94.3 Å². The quantitative estimate of drug-likeness (QED) is 0.323. The van der Waals surface area contributed by atoms with Crippen LogP contribution in [0.3, 0.4) is 0 Å². The van der Waals surface area contributed by atoms with Gasteiger partial charge in [-0.25, -0.2) is 4.39 Å². The highest BCUT2D eigenvalue weighted by Gasteiger charge is 2.15. The van der Waals surface area contributed by atoms with E-state index in [1.165, 1.54) is 12.1 Å². The Bertz CT molecular complexity index is 1280. The molecule has 0 atom stereocenters. The number of aryl methyl sites for hydroxylation is 1. The van der Waals surface area contributed by atoms with E-state index in [9.17, 15) is 9.18 Å². The smallest absolute Gasteiger partial charge is 0.292 e. The summed E-state index contributed by atoms with van der Waals surface area (Å²) < 4.78 is 31.7. The summed E-state index contributed by atoms with van der Waals surface area (Å²) in [6.07, 6.45) is 0. The number of halogens is 2. The number of ether oxygens (including phenoxy) is 2. The van der Waals surface area contributed by atoms with Gasteiger partial charge in [-0.2, -0.15) is 5.10 Å². The van der Waals surface area contributed by atoms with E-state index in [-0.39, 0.29) is 12.4 Å². The molecule has 2 aromatic heterocycles. The van der Waals surface area contributed by atoms with Crippen LogP contribution in [0, 0.1) is 12.7 Å². The normalized spacial score (nSPS) is 10.8. The molecular weight excluding hydrogens is 461 g/mol. The predicted octanol–water partition coefficient (Wildman–Crippen LogP) is 5.86. The Morgan fingerprint density at radius 3 is 2.53 bits per heavy atom. The number of aromatic nitrogens is 2. The van der Waals surface area contributed by atoms with Gasteiger partial charge in [-0.05, 0) is 67.9 Å². The summed E-state index contributed by atoms with van der Waals surface area (Å²) in [5.74, 6) is 1.60. The number of rotatable bonds is 9. The van der Waals surface area contributed by atoms with Crippen molar-refractivity contribution < 1.29 is 23.1 Å². The molecule has 0 saturated carbocycles. The molecule has 0 aliphatic carbocycles. The minimum atomic E-state index is -0.434. The van der Waals surface area contributed by atoms with Gasteiger partial charge in [0.2, 0.25) is 0 Å². The van der Waals surface area contributed by atoms with Gasteiger partial charge in [0, 0.05) is 16.8 Å². The number of carbonyl (C=O) groups is 1. The van der Waals surface area contributed by atoms with E-state index >= 15 is 0 Å². The van der Waals surface area contributed by atoms with E-state index in [4.69, 9.17) is 25.5 Å². The number of nitrogens with one attached hydrogen (secondary N) is 1. The Morgan fingerprint density at radius 1 is 1.09 bits per heavy atom. The summed E-state index contributed by atoms with van der Waals surface area (Å²) in [4.78, 5) is 12.6. The Balaban J connectivity index is 1.35. The Morgan fingerprint density at radius 2 is 1.82 bits per heavy atom. The Labute approximate surface area is 201 Å². The zero-order chi connectivity index (χ0) is 24.1. The van der Waals surface area contributed by atoms with Gasteiger partial charge in [0.1, 0.15) is 29.7 Å². The van der Waals surface area contributed by atoms with E-state index in [0.29, 0.717) is 35.5 Å². The molecule has 2 aromatic carbocycles. The molecule has 0 fully saturated rings. The van der Waals surface area contributed by atoms with Crippen molar-refractivity contribution in [2.75, 3.05) is 11.9 Å². The molecule has 0 bridgehead atoms. The lowest BCUT2D eigenvalue weighted by Crippen LogP contribution is -2.12. The van der Waals surface area contributed by atoms with Gasteiger partial charge in [-0.15, -0.1) is 0 Å². The van der Waals surface area contributed by atoms with Crippen LogP contribution in [0.1, 0.15) is 34.5 Å². The molecule has 2 heterocycles. The maximum absolute atomic E-state index is 13.3. The fourth-order valence-electron chi connectivity index (χ4n) is 3.25. The number of furan rings is 1. The van der Waals surface area contributed by atoms with Gasteiger partial charge in [-0.3, -0.25) is 9.48 Å². The maximum atomic E-state index is 13.3. The Hall–Kier alpha value is -3.78. The van der Waals surface area contributed by atoms with Crippen molar-refractivity contribution in [1.82, 2.24) is 9.78 Å². The Kier molecular flexibility index (Phi) is 7.18. The van der Waals surface area contributed by atoms with E-state index in [2.05, 4.69) is 10.4 Å². The molecule has 34 heavy (non-hydrogen) atoms. The van der Waals surface area contributed by atoms with Gasteiger partial charge in [-0.1, -0.05) is 17.7 Å². The number of nitrogens with zero attached hydrogens (tertiary/aromatic N) is 2. The second-order valence-electron chi connectivity index (χ2n) is 7.48. The molecular formula is C25H23ClFN3O4. The van der Waals surface area contributed by atoms with Gasteiger partial charge in [0.15, 0.2) is 11.6 Å². The fourth-order valence-corrected chi connectivity index (χ4v) is 3.48. The first-order valence-corrected chi connectivity index (χ1v) is 11.0. The number of carbonyl (C=O) groups excluding carboxylic acids is 1. The average Bonchev–Trinajstić information content (AvgIpc) is 3.42. The van der Waals surface area contributed by atoms with Crippen LogP contribution in [0.25, 0.3) is 0 Å². The number of hydrogen-bond acceptors (Lipinski definition) is 5. The molecule has 7 nitrogen and oxygen atoms in total. The molecule has 176 valence electrons. The van der Waals surface area contributed by atoms with Crippen molar-refractivity contribution in [1.29, 1.82) is 0 Å². The highest BCUT2D eigenvalue weighted by molar-refractivity contribution is 6.31. The fraction of sp³-hybridized carbons (Fsp3) is 0.200. The average molecular weight is 484 g/mol. The topological polar surface area (TPSA) is 78.5 Å². The SMILES string of the molecule is CCOc1ccc(OCc2ccc(C(=O)Nc3cc(C)n(Cc4ccc(F)cc4Cl)n3)o2)cc1. The molecule has 9 heteroatoms. The van der Waals surface area contributed by atoms with Crippen LogP contribution in [0.5, 0.6) is 11.5 Å². The van der Waals surface area contributed by atoms with Gasteiger partial charge >= 0.3 is 0 Å². The molecule has 0 radical (unpaired) electrons. The number of benzene rings is 2. The van der Waals surface area contributed by atoms with Crippen LogP contribution < -0.4 is 14.8 Å². The van der Waals surface area contributed by atoms with Gasteiger partial charge in [0.05, 0.1) is 13.2 Å². The van der Waals surface area contributed by atoms with E-state index in [1.807, 2.05) is 26.0 Å². The van der Waals surface area contributed by atoms with E-state index in [1.54, 1.807) is 41.1 Å². The standard InChI is InChI=1S/C25H23ClFN3O4/c1-3-32-19-6-8-20(9-7-19)33-15-21-10-11-23(34-21)25(31)28-24-12-16(2)30(29-24)14-17-4-5-18(27)13-22(17)26/h4-13H,3,14-15H2,1-2H3,(H,28,29,31). The first-order valence-electron chi connectivity index (χ1n) is 10.7. The summed E-state index contributed by atoms with van der Waals surface area (Å²) in [5, 5.41) is 7.43. The van der Waals surface area contributed by atoms with Crippen molar-refractivity contribution in [2.45, 2.75) is 27.0 Å². The molecule has 1 N–H and O–H groups in total. The minimum absolute atomic E-state index is 0.138. The van der Waals surface area contributed by atoms with Crippen molar-refractivity contribution in [3.63, 3.8) is 0 Å². The summed E-state index contributed by atoms with van der Waals surface area (Å²) >= 11 is 6.11. The molecule has 1 amide bonds. The first-order chi connectivity index (χ1) is 16.4. The summed E-state index contributed by atoms with van der Waals surface area (Å²) in [6.45, 7) is 4.89. The van der Waals surface area contributed by atoms with Crippen molar-refractivity contribution >= 4 is 23.3 Å². The molecule has 0 saturated heterocycles. The molecule has 4 aromatic rings. The van der Waals surface area contributed by atoms with Gasteiger partial charge < -0.3 is 19.2 Å². The van der Waals surface area contributed by atoms with E-state index < -0.39 is 11.7 Å². The van der Waals surface area contributed by atoms with E-state index in [0.717, 1.165) is 17.0 Å². The van der Waals surface area contributed by atoms with Crippen LogP contribution in [0.15, 0.2) is 65.1 Å². The number of hydrogen-bond donors (Lipinski definition) is 1. The second-order valence-corrected chi connectivity index (χ2v) is 7.88. The maximum Gasteiger partial charge on any atom is 0.292 e. The largest absolute Gasteiger partial charge is 0.494 e. The number of amides is 1. The van der Waals surface area contributed by atoms with Gasteiger partial charge in [0.25, 0.3) is 5.91 Å².